The number of nitrogens with zero attached hydrogens (tertiary/aromatic N) is 2. The van der Waals surface area contributed by atoms with Gasteiger partial charge in [-0.3, -0.25) is 0 Å². The number of thiol groups is 2. The van der Waals surface area contributed by atoms with Crippen LogP contribution in [-0.2, 0) is 37.0 Å². The average molecular weight is 671 g/mol. The Balaban J connectivity index is 1.65. The van der Waals surface area contributed by atoms with Crippen LogP contribution in [-0.4, -0.2) is 76.3 Å². The highest BCUT2D eigenvalue weighted by Crippen LogP contribution is 2.30. The van der Waals surface area contributed by atoms with E-state index in [4.69, 9.17) is 25.3 Å². The highest BCUT2D eigenvalue weighted by Gasteiger charge is 2.19. The largest absolute Gasteiger partial charge is 0.313 e. The number of nitrogens with one attached hydrogen (secondary N) is 4. The number of rotatable bonds is 0. The molecule has 1 aliphatic heterocycles. The maximum Gasteiger partial charge on any atom is 0.0216 e. The lowest BCUT2D eigenvalue weighted by Gasteiger charge is -2.24. The molecule has 1 aliphatic rings. The molecule has 0 atom stereocenters. The van der Waals surface area contributed by atoms with Crippen LogP contribution in [0.1, 0.15) is 101 Å². The zero-order chi connectivity index (χ0) is 33.7. The van der Waals surface area contributed by atoms with Crippen molar-refractivity contribution in [3.8, 4) is 0 Å². The number of fused-ring (bicyclic) bond motifs is 4. The normalized spacial score (nSPS) is 19.3. The van der Waals surface area contributed by atoms with Gasteiger partial charge in [0, 0.05) is 36.0 Å². The van der Waals surface area contributed by atoms with Crippen molar-refractivity contribution in [3.63, 3.8) is 0 Å². The summed E-state index contributed by atoms with van der Waals surface area (Å²) in [6, 6.07) is 9.44. The molecular weight excluding hydrogens is 605 g/mol. The van der Waals surface area contributed by atoms with Crippen LogP contribution in [0.25, 0.3) is 0 Å². The van der Waals surface area contributed by atoms with E-state index in [1.807, 2.05) is 0 Å². The molecule has 0 amide bonds. The Labute approximate surface area is 293 Å². The fourth-order valence-electron chi connectivity index (χ4n) is 5.94. The van der Waals surface area contributed by atoms with Crippen LogP contribution in [0.3, 0.4) is 0 Å². The van der Waals surface area contributed by atoms with Gasteiger partial charge in [0.25, 0.3) is 0 Å². The van der Waals surface area contributed by atoms with Crippen LogP contribution in [0.2, 0.25) is 0 Å². The van der Waals surface area contributed by atoms with Crippen molar-refractivity contribution in [1.29, 1.82) is 0 Å². The number of hydrogen-bond acceptors (Lipinski definition) is 8. The van der Waals surface area contributed by atoms with E-state index in [-0.39, 0.29) is 10.8 Å². The maximum absolute atomic E-state index is 5.01. The monoisotopic (exact) mass is 670 g/mol. The molecule has 0 aromatic heterocycles. The van der Waals surface area contributed by atoms with Gasteiger partial charge >= 0.3 is 0 Å². The second-order valence-corrected chi connectivity index (χ2v) is 16.4. The van der Waals surface area contributed by atoms with E-state index >= 15 is 0 Å². The van der Waals surface area contributed by atoms with Gasteiger partial charge in [-0.1, -0.05) is 65.8 Å². The van der Waals surface area contributed by atoms with Crippen molar-refractivity contribution in [2.24, 2.45) is 0 Å². The van der Waals surface area contributed by atoms with E-state index in [0.29, 0.717) is 0 Å². The summed E-state index contributed by atoms with van der Waals surface area (Å²) in [5.41, 5.74) is 8.19. The zero-order valence-electron chi connectivity index (χ0n) is 30.4. The Morgan fingerprint density at radius 3 is 0.935 bits per heavy atom. The summed E-state index contributed by atoms with van der Waals surface area (Å²) >= 11 is 10.0. The highest BCUT2D eigenvalue weighted by atomic mass is 32.1. The first-order valence-electron chi connectivity index (χ1n) is 17.7. The Hall–Kier alpha value is -1.10. The van der Waals surface area contributed by atoms with E-state index in [9.17, 15) is 0 Å². The molecule has 0 unspecified atom stereocenters. The number of hydrogen-bond donors (Lipinski definition) is 6. The lowest BCUT2D eigenvalue weighted by Crippen LogP contribution is -2.28. The van der Waals surface area contributed by atoms with Crippen LogP contribution in [0.4, 0.5) is 0 Å². The molecule has 8 heteroatoms. The first kappa shape index (κ1) is 39.3. The second kappa shape index (κ2) is 19.2. The smallest absolute Gasteiger partial charge is 0.0216 e. The molecule has 1 heterocycles. The fourth-order valence-corrected chi connectivity index (χ4v) is 6.51. The molecule has 6 nitrogen and oxygen atoms in total. The lowest BCUT2D eigenvalue weighted by atomic mass is 9.85. The molecule has 0 radical (unpaired) electrons. The van der Waals surface area contributed by atoms with E-state index in [1.54, 1.807) is 0 Å². The van der Waals surface area contributed by atoms with E-state index in [2.05, 4.69) is 111 Å². The third-order valence-corrected chi connectivity index (χ3v) is 10.3. The Morgan fingerprint density at radius 2 is 0.717 bits per heavy atom. The Bertz CT molecular complexity index is 1040. The summed E-state index contributed by atoms with van der Waals surface area (Å²) in [4.78, 5) is 7.17. The Kier molecular flexibility index (Phi) is 16.4. The van der Waals surface area contributed by atoms with Crippen molar-refractivity contribution in [1.82, 2.24) is 31.1 Å². The molecule has 0 saturated carbocycles. The highest BCUT2D eigenvalue weighted by molar-refractivity contribution is 7.80. The minimum atomic E-state index is 0.104. The van der Waals surface area contributed by atoms with Crippen molar-refractivity contribution >= 4 is 25.3 Å². The molecule has 260 valence electrons. The van der Waals surface area contributed by atoms with Crippen LogP contribution >= 0.6 is 25.3 Å². The number of benzene rings is 2. The molecule has 0 saturated heterocycles. The quantitative estimate of drug-likeness (QED) is 0.184. The van der Waals surface area contributed by atoms with Crippen molar-refractivity contribution in [2.45, 2.75) is 114 Å². The molecule has 2 aromatic carbocycles. The Morgan fingerprint density at radius 1 is 0.478 bits per heavy atom. The van der Waals surface area contributed by atoms with Gasteiger partial charge in [0.05, 0.1) is 0 Å². The van der Waals surface area contributed by atoms with E-state index in [0.717, 1.165) is 114 Å². The van der Waals surface area contributed by atoms with E-state index in [1.165, 1.54) is 33.4 Å². The van der Waals surface area contributed by atoms with Gasteiger partial charge in [0.1, 0.15) is 0 Å². The molecule has 4 bridgehead atoms. The third kappa shape index (κ3) is 13.4. The summed E-state index contributed by atoms with van der Waals surface area (Å²) in [6.07, 6.45) is 4.53. The second-order valence-electron chi connectivity index (χ2n) is 15.5. The third-order valence-electron chi connectivity index (χ3n) is 9.10. The van der Waals surface area contributed by atoms with Crippen molar-refractivity contribution in [3.05, 3.63) is 57.6 Å². The molecule has 3 rings (SSSR count). The van der Waals surface area contributed by atoms with Gasteiger partial charge < -0.3 is 31.1 Å². The van der Waals surface area contributed by atoms with Gasteiger partial charge in [0.2, 0.25) is 0 Å². The van der Waals surface area contributed by atoms with Crippen LogP contribution < -0.4 is 21.3 Å². The predicted molar refractivity (Wildman–Crippen MR) is 205 cm³/mol. The van der Waals surface area contributed by atoms with Gasteiger partial charge in [-0.05, 0) is 136 Å². The summed E-state index contributed by atoms with van der Waals surface area (Å²) in [5.74, 6) is 0. The summed E-state index contributed by atoms with van der Waals surface area (Å²) in [7, 11) is 4.49. The molecule has 2 aromatic rings. The topological polar surface area (TPSA) is 54.6 Å². The molecule has 46 heavy (non-hydrogen) atoms. The first-order chi connectivity index (χ1) is 21.8. The summed E-state index contributed by atoms with van der Waals surface area (Å²) < 4.78 is 0. The van der Waals surface area contributed by atoms with Crippen molar-refractivity contribution < 1.29 is 0 Å². The van der Waals surface area contributed by atoms with Crippen LogP contribution in [0.15, 0.2) is 34.1 Å². The van der Waals surface area contributed by atoms with Crippen molar-refractivity contribution in [2.75, 3.05) is 66.5 Å². The summed E-state index contributed by atoms with van der Waals surface area (Å²) in [5, 5.41) is 14.8. The van der Waals surface area contributed by atoms with E-state index < -0.39 is 0 Å². The van der Waals surface area contributed by atoms with Crippen LogP contribution in [0, 0.1) is 0 Å². The minimum absolute atomic E-state index is 0.104. The zero-order valence-corrected chi connectivity index (χ0v) is 32.2. The molecule has 0 fully saturated rings. The predicted octanol–water partition coefficient (Wildman–Crippen LogP) is 6.36. The van der Waals surface area contributed by atoms with Gasteiger partial charge in [-0.25, -0.2) is 0 Å². The fraction of sp³-hybridized carbons (Fsp3) is 0.684. The van der Waals surface area contributed by atoms with Gasteiger partial charge in [0.15, 0.2) is 0 Å². The van der Waals surface area contributed by atoms with Gasteiger partial charge in [-0.2, -0.15) is 0 Å². The lowest BCUT2D eigenvalue weighted by molar-refractivity contribution is 0.319. The molecule has 4 N–H and O–H groups in total. The molecule has 0 aliphatic carbocycles. The minimum Gasteiger partial charge on any atom is -0.313 e. The van der Waals surface area contributed by atoms with Gasteiger partial charge in [-0.15, -0.1) is 25.3 Å². The summed E-state index contributed by atoms with van der Waals surface area (Å²) in [6.45, 7) is 25.6. The SMILES string of the molecule is CN1CCCNCc2cc(C(C)(C)C)cc(c2S)CNCCCN(C)CCCNCc2cc(C(C)(C)C)cc(c2S)CNCCC1. The standard InChI is InChI=1S/C38H66N6S2/c1-37(2,3)33-21-29-25-39-13-9-17-43(7)19-11-15-41-27-31-23-34(38(4,5)6)24-32(36(31)46)28-42-16-12-20-44(8)18-10-14-40-26-30(22-33)35(29)45/h21-24,39-42,45-46H,9-20,25-28H2,1-8H3. The van der Waals surface area contributed by atoms with Crippen LogP contribution in [0.5, 0.6) is 0 Å². The molecular formula is C38H66N6S2. The maximum atomic E-state index is 5.01. The molecule has 0 spiro atoms. The average Bonchev–Trinajstić information content (AvgIpc) is 2.97. The first-order valence-corrected chi connectivity index (χ1v) is 18.6.